The highest BCUT2D eigenvalue weighted by molar-refractivity contribution is 5.97. The lowest BCUT2D eigenvalue weighted by Gasteiger charge is -2.38. The Morgan fingerprint density at radius 2 is 1.56 bits per heavy atom. The number of nitrogens with two attached hydrogens (primary N) is 1. The van der Waals surface area contributed by atoms with Crippen molar-refractivity contribution in [1.29, 1.82) is 0 Å². The number of benzene rings is 4. The van der Waals surface area contributed by atoms with Crippen LogP contribution in [0.5, 0.6) is 0 Å². The summed E-state index contributed by atoms with van der Waals surface area (Å²) >= 11 is 0. The van der Waals surface area contributed by atoms with Gasteiger partial charge in [-0.05, 0) is 65.8 Å². The molecule has 5 nitrogen and oxygen atoms in total. The van der Waals surface area contributed by atoms with Crippen LogP contribution < -0.4 is 5.73 Å². The maximum Gasteiger partial charge on any atom is 0.163 e. The summed E-state index contributed by atoms with van der Waals surface area (Å²) in [6.07, 6.45) is 5.25. The summed E-state index contributed by atoms with van der Waals surface area (Å²) in [4.78, 5) is 5.19. The lowest BCUT2D eigenvalue weighted by atomic mass is 9.72. The molecule has 6 aromatic rings. The van der Waals surface area contributed by atoms with Gasteiger partial charge in [0.1, 0.15) is 5.82 Å². The first-order valence-electron chi connectivity index (χ1n) is 13.2. The van der Waals surface area contributed by atoms with Crippen molar-refractivity contribution < 1.29 is 9.50 Å². The number of hydrogen-bond acceptors (Lipinski definition) is 4. The number of fused-ring (bicyclic) bond motifs is 3. The molecule has 0 radical (unpaired) electrons. The Labute approximate surface area is 225 Å². The average Bonchev–Trinajstić information content (AvgIpc) is 3.33. The van der Waals surface area contributed by atoms with Gasteiger partial charge in [0, 0.05) is 33.8 Å². The van der Waals surface area contributed by atoms with Gasteiger partial charge in [0.2, 0.25) is 0 Å². The first-order chi connectivity index (χ1) is 19.0. The zero-order valence-corrected chi connectivity index (χ0v) is 21.3. The van der Waals surface area contributed by atoms with Crippen molar-refractivity contribution in [2.75, 3.05) is 0 Å². The first-order valence-corrected chi connectivity index (χ1v) is 13.2. The van der Waals surface area contributed by atoms with Gasteiger partial charge in [-0.15, -0.1) is 0 Å². The lowest BCUT2D eigenvalue weighted by Crippen LogP contribution is -2.43. The lowest BCUT2D eigenvalue weighted by molar-refractivity contribution is 0.253. The molecule has 1 saturated carbocycles. The minimum absolute atomic E-state index is 0.216. The highest BCUT2D eigenvalue weighted by atomic mass is 19.1. The molecular weight excluding hydrogens is 487 g/mol. The molecule has 192 valence electrons. The number of aliphatic hydroxyl groups is 1. The summed E-state index contributed by atoms with van der Waals surface area (Å²) in [6, 6.07) is 29.5. The van der Waals surface area contributed by atoms with E-state index in [4.69, 9.17) is 15.8 Å². The van der Waals surface area contributed by atoms with Crippen LogP contribution in [0, 0.1) is 5.82 Å². The van der Waals surface area contributed by atoms with Crippen molar-refractivity contribution in [1.82, 2.24) is 14.6 Å². The second kappa shape index (κ2) is 9.12. The minimum Gasteiger partial charge on any atom is -0.392 e. The fourth-order valence-corrected chi connectivity index (χ4v) is 5.55. The average molecular weight is 515 g/mol. The van der Waals surface area contributed by atoms with E-state index in [2.05, 4.69) is 36.4 Å². The van der Waals surface area contributed by atoms with E-state index in [1.165, 1.54) is 18.1 Å². The second-order valence-electron chi connectivity index (χ2n) is 10.4. The van der Waals surface area contributed by atoms with Crippen molar-refractivity contribution in [3.63, 3.8) is 0 Å². The molecule has 0 atom stereocenters. The standard InChI is InChI=1S/C33H27FN4O/c34-29-13-9-23(17-25(29)20-39)24-10-14-30-27(18-24)32-36-31(22-7-11-26(12-8-22)33(35)15-4-16-33)28(19-38(32)37-30)21-5-2-1-3-6-21/h1-3,5-14,17-19,39H,4,15-16,20,35H2. The minimum atomic E-state index is -0.415. The number of hydrogen-bond donors (Lipinski definition) is 2. The van der Waals surface area contributed by atoms with Gasteiger partial charge in [0.05, 0.1) is 17.8 Å². The van der Waals surface area contributed by atoms with Gasteiger partial charge in [-0.25, -0.2) is 13.9 Å². The largest absolute Gasteiger partial charge is 0.392 e. The molecule has 1 aliphatic carbocycles. The first kappa shape index (κ1) is 23.7. The quantitative estimate of drug-likeness (QED) is 0.264. The van der Waals surface area contributed by atoms with Gasteiger partial charge < -0.3 is 10.8 Å². The Bertz CT molecular complexity index is 1840. The third kappa shape index (κ3) is 4.00. The molecule has 4 aromatic carbocycles. The molecule has 1 fully saturated rings. The zero-order chi connectivity index (χ0) is 26.6. The van der Waals surface area contributed by atoms with Crippen LogP contribution in [0.4, 0.5) is 4.39 Å². The van der Waals surface area contributed by atoms with Gasteiger partial charge >= 0.3 is 0 Å². The number of rotatable bonds is 5. The fourth-order valence-electron chi connectivity index (χ4n) is 5.55. The van der Waals surface area contributed by atoms with Crippen LogP contribution >= 0.6 is 0 Å². The van der Waals surface area contributed by atoms with Crippen LogP contribution in [-0.2, 0) is 12.1 Å². The van der Waals surface area contributed by atoms with Crippen LogP contribution in [0.15, 0.2) is 97.2 Å². The van der Waals surface area contributed by atoms with Crippen molar-refractivity contribution in [2.24, 2.45) is 5.73 Å². The van der Waals surface area contributed by atoms with Crippen LogP contribution in [0.2, 0.25) is 0 Å². The van der Waals surface area contributed by atoms with E-state index in [9.17, 15) is 9.50 Å². The maximum absolute atomic E-state index is 14.0. The molecule has 0 bridgehead atoms. The summed E-state index contributed by atoms with van der Waals surface area (Å²) in [5.41, 5.74) is 15.0. The van der Waals surface area contributed by atoms with Gasteiger partial charge in [0.15, 0.2) is 5.65 Å². The molecule has 2 heterocycles. The van der Waals surface area contributed by atoms with Crippen LogP contribution in [0.25, 0.3) is 50.1 Å². The Kier molecular flexibility index (Phi) is 5.54. The van der Waals surface area contributed by atoms with Crippen molar-refractivity contribution in [3.05, 3.63) is 114 Å². The maximum atomic E-state index is 14.0. The van der Waals surface area contributed by atoms with E-state index in [1.54, 1.807) is 12.1 Å². The van der Waals surface area contributed by atoms with E-state index in [-0.39, 0.29) is 17.7 Å². The molecule has 0 spiro atoms. The van der Waals surface area contributed by atoms with E-state index in [1.807, 2.05) is 47.1 Å². The Morgan fingerprint density at radius 3 is 2.28 bits per heavy atom. The van der Waals surface area contributed by atoms with E-state index in [0.29, 0.717) is 0 Å². The molecule has 39 heavy (non-hydrogen) atoms. The number of halogens is 1. The van der Waals surface area contributed by atoms with E-state index >= 15 is 0 Å². The molecule has 7 rings (SSSR count). The highest BCUT2D eigenvalue weighted by Gasteiger charge is 2.34. The predicted octanol–water partition coefficient (Wildman–Crippen LogP) is 6.85. The van der Waals surface area contributed by atoms with Gasteiger partial charge in [-0.3, -0.25) is 0 Å². The predicted molar refractivity (Wildman–Crippen MR) is 152 cm³/mol. The van der Waals surface area contributed by atoms with Gasteiger partial charge in [0.25, 0.3) is 0 Å². The van der Waals surface area contributed by atoms with Crippen molar-refractivity contribution in [2.45, 2.75) is 31.4 Å². The number of aromatic nitrogens is 3. The summed E-state index contributed by atoms with van der Waals surface area (Å²) in [5.74, 6) is -0.415. The summed E-state index contributed by atoms with van der Waals surface area (Å²) < 4.78 is 15.8. The Morgan fingerprint density at radius 1 is 0.846 bits per heavy atom. The smallest absolute Gasteiger partial charge is 0.163 e. The molecule has 6 heteroatoms. The Balaban J connectivity index is 1.41. The van der Waals surface area contributed by atoms with Crippen LogP contribution in [0.1, 0.15) is 30.4 Å². The topological polar surface area (TPSA) is 76.4 Å². The molecule has 0 saturated heterocycles. The molecule has 3 N–H and O–H groups in total. The third-order valence-electron chi connectivity index (χ3n) is 8.01. The normalized spacial score (nSPS) is 14.5. The molecular formula is C33H27FN4O. The molecule has 0 unspecified atom stereocenters. The Hall–Kier alpha value is -4.39. The van der Waals surface area contributed by atoms with Gasteiger partial charge in [-0.2, -0.15) is 5.10 Å². The molecule has 0 amide bonds. The van der Waals surface area contributed by atoms with Crippen molar-refractivity contribution in [3.8, 4) is 33.5 Å². The second-order valence-corrected chi connectivity index (χ2v) is 10.4. The summed E-state index contributed by atoms with van der Waals surface area (Å²) in [7, 11) is 0. The van der Waals surface area contributed by atoms with E-state index in [0.717, 1.165) is 62.9 Å². The van der Waals surface area contributed by atoms with Gasteiger partial charge in [-0.1, -0.05) is 66.7 Å². The fraction of sp³-hybridized carbons (Fsp3) is 0.152. The number of aliphatic hydroxyl groups excluding tert-OH is 1. The van der Waals surface area contributed by atoms with E-state index < -0.39 is 5.82 Å². The monoisotopic (exact) mass is 514 g/mol. The molecule has 0 aliphatic heterocycles. The zero-order valence-electron chi connectivity index (χ0n) is 21.3. The molecule has 2 aromatic heterocycles. The van der Waals surface area contributed by atoms with Crippen LogP contribution in [-0.4, -0.2) is 19.7 Å². The third-order valence-corrected chi connectivity index (χ3v) is 8.01. The summed E-state index contributed by atoms with van der Waals surface area (Å²) in [6.45, 7) is -0.351. The van der Waals surface area contributed by atoms with Crippen LogP contribution in [0.3, 0.4) is 0 Å². The summed E-state index contributed by atoms with van der Waals surface area (Å²) in [5, 5.41) is 15.3. The highest BCUT2D eigenvalue weighted by Crippen LogP contribution is 2.40. The number of nitrogens with zero attached hydrogens (tertiary/aromatic N) is 3. The van der Waals surface area contributed by atoms with Crippen molar-refractivity contribution >= 4 is 16.6 Å². The molecule has 1 aliphatic rings. The SMILES string of the molecule is NC1(c2ccc(-c3nc4c5cc(-c6ccc(F)c(CO)c6)ccc5nn4cc3-c3ccccc3)cc2)CCC1.